The number of nitrogens with one attached hydrogen (secondary N) is 1. The highest BCUT2D eigenvalue weighted by Gasteiger charge is 2.44. The van der Waals surface area contributed by atoms with Gasteiger partial charge in [0.05, 0.1) is 25.4 Å². The number of amides is 1. The molecule has 0 aliphatic carbocycles. The fraction of sp³-hybridized carbons (Fsp3) is 0.909. The Morgan fingerprint density at radius 1 is 0.523 bits per heavy atom. The fourth-order valence-electron chi connectivity index (χ4n) is 8.91. The number of aliphatic hydroxyl groups is 6. The van der Waals surface area contributed by atoms with Gasteiger partial charge in [-0.05, 0) is 44.9 Å². The summed E-state index contributed by atoms with van der Waals surface area (Å²) >= 11 is 0. The molecule has 1 amide bonds. The Labute approximate surface area is 399 Å². The Morgan fingerprint density at radius 3 is 1.32 bits per heavy atom. The molecule has 1 saturated heterocycles. The first-order valence-electron chi connectivity index (χ1n) is 27.6. The van der Waals surface area contributed by atoms with Gasteiger partial charge in [0, 0.05) is 0 Å². The maximum absolute atomic E-state index is 13.1. The summed E-state index contributed by atoms with van der Waals surface area (Å²) in [6.07, 6.45) is 45.3. The SMILES string of the molecule is CCCCCCCCCCC/C=C\C/C=C\CCCCCCCCCCCCCCC(O)C(=O)NC(COC1OC(CO)C(O)C(O)C1O)C(O)CCCCCCCCCCCCCC. The molecule has 0 aromatic heterocycles. The Morgan fingerprint density at radius 2 is 0.908 bits per heavy atom. The Bertz CT molecular complexity index is 1090. The summed E-state index contributed by atoms with van der Waals surface area (Å²) in [6.45, 7) is 3.68. The second kappa shape index (κ2) is 45.1. The number of carbonyl (C=O) groups excluding carboxylic acids is 1. The minimum atomic E-state index is -1.60. The Kier molecular flexibility index (Phi) is 42.8. The third-order valence-corrected chi connectivity index (χ3v) is 13.4. The van der Waals surface area contributed by atoms with Gasteiger partial charge < -0.3 is 45.4 Å². The smallest absolute Gasteiger partial charge is 0.249 e. The van der Waals surface area contributed by atoms with Crippen molar-refractivity contribution < 1.29 is 44.9 Å². The average molecular weight is 924 g/mol. The topological polar surface area (TPSA) is 169 Å². The van der Waals surface area contributed by atoms with E-state index in [0.29, 0.717) is 12.8 Å². The highest BCUT2D eigenvalue weighted by atomic mass is 16.7. The molecule has 1 aliphatic rings. The van der Waals surface area contributed by atoms with Crippen molar-refractivity contribution in [1.29, 1.82) is 0 Å². The number of rotatable bonds is 47. The fourth-order valence-corrected chi connectivity index (χ4v) is 8.91. The van der Waals surface area contributed by atoms with Gasteiger partial charge in [-0.2, -0.15) is 0 Å². The summed E-state index contributed by atoms with van der Waals surface area (Å²) in [6, 6.07) is -0.893. The highest BCUT2D eigenvalue weighted by Crippen LogP contribution is 2.23. The highest BCUT2D eigenvalue weighted by molar-refractivity contribution is 5.80. The molecule has 1 aliphatic heterocycles. The number of allylic oxidation sites excluding steroid dienone is 4. The molecule has 0 aromatic rings. The van der Waals surface area contributed by atoms with Crippen molar-refractivity contribution in [3.05, 3.63) is 24.3 Å². The first kappa shape index (κ1) is 61.6. The zero-order valence-corrected chi connectivity index (χ0v) is 42.1. The van der Waals surface area contributed by atoms with Gasteiger partial charge in [-0.25, -0.2) is 0 Å². The van der Waals surface area contributed by atoms with Crippen LogP contribution >= 0.6 is 0 Å². The summed E-state index contributed by atoms with van der Waals surface area (Å²) in [4.78, 5) is 13.1. The molecule has 1 fully saturated rings. The number of hydrogen-bond acceptors (Lipinski definition) is 9. The van der Waals surface area contributed by atoms with Crippen LogP contribution in [-0.2, 0) is 14.3 Å². The van der Waals surface area contributed by atoms with E-state index in [1.807, 2.05) is 0 Å². The Balaban J connectivity index is 2.20. The molecule has 10 heteroatoms. The summed E-state index contributed by atoms with van der Waals surface area (Å²) in [5.41, 5.74) is 0. The van der Waals surface area contributed by atoms with Gasteiger partial charge in [0.2, 0.25) is 5.91 Å². The third-order valence-electron chi connectivity index (χ3n) is 13.4. The van der Waals surface area contributed by atoms with Crippen LogP contribution in [0.5, 0.6) is 0 Å². The molecule has 0 aromatic carbocycles. The lowest BCUT2D eigenvalue weighted by molar-refractivity contribution is -0.302. The third kappa shape index (κ3) is 34.6. The van der Waals surface area contributed by atoms with Crippen LogP contribution in [0.15, 0.2) is 24.3 Å². The number of aliphatic hydroxyl groups excluding tert-OH is 6. The first-order valence-corrected chi connectivity index (χ1v) is 27.6. The van der Waals surface area contributed by atoms with Crippen LogP contribution < -0.4 is 5.32 Å². The summed E-state index contributed by atoms with van der Waals surface area (Å²) in [5, 5.41) is 65.0. The van der Waals surface area contributed by atoms with Crippen LogP contribution in [0.3, 0.4) is 0 Å². The number of hydrogen-bond donors (Lipinski definition) is 7. The van der Waals surface area contributed by atoms with Gasteiger partial charge in [-0.15, -0.1) is 0 Å². The van der Waals surface area contributed by atoms with Crippen LogP contribution in [0.25, 0.3) is 0 Å². The van der Waals surface area contributed by atoms with Crippen molar-refractivity contribution in [3.63, 3.8) is 0 Å². The zero-order valence-electron chi connectivity index (χ0n) is 42.1. The molecule has 0 spiro atoms. The van der Waals surface area contributed by atoms with Gasteiger partial charge in [0.1, 0.15) is 30.5 Å². The van der Waals surface area contributed by atoms with Crippen molar-refractivity contribution >= 4 is 5.91 Å². The van der Waals surface area contributed by atoms with Gasteiger partial charge in [0.15, 0.2) is 6.29 Å². The second-order valence-corrected chi connectivity index (χ2v) is 19.5. The van der Waals surface area contributed by atoms with Gasteiger partial charge in [0.25, 0.3) is 0 Å². The normalized spacial score (nSPS) is 20.5. The van der Waals surface area contributed by atoms with Gasteiger partial charge in [-0.3, -0.25) is 4.79 Å². The van der Waals surface area contributed by atoms with Gasteiger partial charge in [-0.1, -0.05) is 237 Å². The predicted molar refractivity (Wildman–Crippen MR) is 269 cm³/mol. The largest absolute Gasteiger partial charge is 0.394 e. The lowest BCUT2D eigenvalue weighted by atomic mass is 9.99. The van der Waals surface area contributed by atoms with E-state index in [1.54, 1.807) is 0 Å². The standard InChI is InChI=1S/C55H105NO9/c1-3-5-7-9-11-13-15-17-18-19-20-21-22-23-24-25-26-27-28-29-30-31-32-34-36-38-40-42-44-49(59)54(63)56-47(46-64-55-53(62)52(61)51(60)50(45-57)65-55)48(58)43-41-39-37-35-33-16-14-12-10-8-6-4-2/h20-21,23-24,47-53,55,57-62H,3-19,22,25-46H2,1-2H3,(H,56,63)/b21-20-,24-23-. The van der Waals surface area contributed by atoms with E-state index in [9.17, 15) is 35.4 Å². The lowest BCUT2D eigenvalue weighted by Crippen LogP contribution is -2.60. The first-order chi connectivity index (χ1) is 31.8. The average Bonchev–Trinajstić information content (AvgIpc) is 3.31. The second-order valence-electron chi connectivity index (χ2n) is 19.5. The molecule has 1 heterocycles. The number of unbranched alkanes of at least 4 members (excludes halogenated alkanes) is 32. The lowest BCUT2D eigenvalue weighted by Gasteiger charge is -2.40. The van der Waals surface area contributed by atoms with Gasteiger partial charge >= 0.3 is 0 Å². The molecule has 0 saturated carbocycles. The molecule has 8 unspecified atom stereocenters. The van der Waals surface area contributed by atoms with E-state index in [1.165, 1.54) is 173 Å². The number of ether oxygens (including phenoxy) is 2. The van der Waals surface area contributed by atoms with E-state index in [-0.39, 0.29) is 6.61 Å². The van der Waals surface area contributed by atoms with E-state index in [4.69, 9.17) is 9.47 Å². The van der Waals surface area contributed by atoms with Crippen molar-refractivity contribution in [1.82, 2.24) is 5.32 Å². The van der Waals surface area contributed by atoms with E-state index in [2.05, 4.69) is 43.5 Å². The molecular weight excluding hydrogens is 819 g/mol. The van der Waals surface area contributed by atoms with Crippen LogP contribution in [0.1, 0.15) is 258 Å². The molecule has 0 bridgehead atoms. The van der Waals surface area contributed by atoms with E-state index in [0.717, 1.165) is 57.8 Å². The summed E-state index contributed by atoms with van der Waals surface area (Å²) < 4.78 is 11.2. The van der Waals surface area contributed by atoms with Crippen molar-refractivity contribution in [2.24, 2.45) is 0 Å². The monoisotopic (exact) mass is 924 g/mol. The minimum absolute atomic E-state index is 0.254. The van der Waals surface area contributed by atoms with Crippen LogP contribution in [0.4, 0.5) is 0 Å². The molecule has 7 N–H and O–H groups in total. The van der Waals surface area contributed by atoms with Crippen LogP contribution in [0, 0.1) is 0 Å². The predicted octanol–water partition coefficient (Wildman–Crippen LogP) is 12.0. The quantitative estimate of drug-likeness (QED) is 0.0232. The van der Waals surface area contributed by atoms with E-state index >= 15 is 0 Å². The zero-order chi connectivity index (χ0) is 47.4. The molecule has 384 valence electrons. The maximum Gasteiger partial charge on any atom is 0.249 e. The molecule has 1 rings (SSSR count). The van der Waals surface area contributed by atoms with Crippen molar-refractivity contribution in [3.8, 4) is 0 Å². The van der Waals surface area contributed by atoms with E-state index < -0.39 is 61.5 Å². The molecule has 0 radical (unpaired) electrons. The van der Waals surface area contributed by atoms with Crippen molar-refractivity contribution in [2.45, 2.75) is 307 Å². The van der Waals surface area contributed by atoms with Crippen LogP contribution in [0.2, 0.25) is 0 Å². The summed E-state index contributed by atoms with van der Waals surface area (Å²) in [5.74, 6) is -0.583. The summed E-state index contributed by atoms with van der Waals surface area (Å²) in [7, 11) is 0. The Hall–Kier alpha value is -1.37. The molecule has 10 nitrogen and oxygen atoms in total. The van der Waals surface area contributed by atoms with Crippen LogP contribution in [-0.4, -0.2) is 98.7 Å². The molecule has 8 atom stereocenters. The number of carbonyl (C=O) groups is 1. The molecular formula is C55H105NO9. The minimum Gasteiger partial charge on any atom is -0.394 e. The molecule has 65 heavy (non-hydrogen) atoms. The maximum atomic E-state index is 13.1. The van der Waals surface area contributed by atoms with Crippen molar-refractivity contribution in [2.75, 3.05) is 13.2 Å².